The van der Waals surface area contributed by atoms with E-state index in [1.54, 1.807) is 13.1 Å². The fraction of sp³-hybridized carbons (Fsp3) is 0.429. The van der Waals surface area contributed by atoms with Crippen LogP contribution in [0.15, 0.2) is 16.6 Å². The monoisotopic (exact) mass is 125 g/mol. The molecule has 0 aliphatic rings. The summed E-state index contributed by atoms with van der Waals surface area (Å²) < 4.78 is 0. The summed E-state index contributed by atoms with van der Waals surface area (Å²) in [4.78, 5) is 13.8. The maximum atomic E-state index is 10.1. The van der Waals surface area contributed by atoms with Crippen molar-refractivity contribution in [2.24, 2.45) is 4.99 Å². The molecular formula is C7H11NO. The molecule has 0 amide bonds. The number of aliphatic imine (C=N–C) groups is 1. The van der Waals surface area contributed by atoms with E-state index in [1.165, 1.54) is 0 Å². The number of carbonyl (C=O) groups is 1. The lowest BCUT2D eigenvalue weighted by atomic mass is 10.2. The van der Waals surface area contributed by atoms with Crippen LogP contribution in [0.4, 0.5) is 0 Å². The van der Waals surface area contributed by atoms with Crippen LogP contribution in [0.5, 0.6) is 0 Å². The molecular weight excluding hydrogens is 114 g/mol. The van der Waals surface area contributed by atoms with Gasteiger partial charge in [0.05, 0.1) is 5.71 Å². The van der Waals surface area contributed by atoms with Crippen LogP contribution in [0, 0.1) is 0 Å². The van der Waals surface area contributed by atoms with Crippen molar-refractivity contribution >= 4 is 12.0 Å². The topological polar surface area (TPSA) is 29.4 Å². The Balaban J connectivity index is 4.18. The average molecular weight is 125 g/mol. The molecule has 0 aromatic rings. The summed E-state index contributed by atoms with van der Waals surface area (Å²) in [5.41, 5.74) is 1.58. The highest BCUT2D eigenvalue weighted by molar-refractivity contribution is 6.33. The molecule has 2 heteroatoms. The van der Waals surface area contributed by atoms with Crippen LogP contribution in [0.3, 0.4) is 0 Å². The predicted molar refractivity (Wildman–Crippen MR) is 38.9 cm³/mol. The van der Waals surface area contributed by atoms with E-state index in [0.717, 1.165) is 11.9 Å². The first-order valence-electron chi connectivity index (χ1n) is 2.77. The van der Waals surface area contributed by atoms with E-state index in [1.807, 2.05) is 13.8 Å². The summed E-state index contributed by atoms with van der Waals surface area (Å²) in [6.45, 7) is 3.85. The first-order valence-corrected chi connectivity index (χ1v) is 2.77. The van der Waals surface area contributed by atoms with Gasteiger partial charge in [-0.1, -0.05) is 5.57 Å². The number of nitrogens with zero attached hydrogens (tertiary/aromatic N) is 1. The molecule has 0 fully saturated rings. The van der Waals surface area contributed by atoms with Crippen LogP contribution in [0.25, 0.3) is 0 Å². The minimum Gasteiger partial charge on any atom is -0.296 e. The number of carbonyl (C=O) groups excluding carboxylic acids is 1. The van der Waals surface area contributed by atoms with E-state index >= 15 is 0 Å². The molecule has 0 saturated carbocycles. The van der Waals surface area contributed by atoms with Crippen LogP contribution >= 0.6 is 0 Å². The Morgan fingerprint density at radius 1 is 1.44 bits per heavy atom. The normalized spacial score (nSPS) is 10.8. The molecule has 0 radical (unpaired) electrons. The Bertz CT molecular complexity index is 152. The molecule has 0 aliphatic heterocycles. The van der Waals surface area contributed by atoms with E-state index in [2.05, 4.69) is 4.99 Å². The average Bonchev–Trinajstić information content (AvgIpc) is 1.82. The summed E-state index contributed by atoms with van der Waals surface area (Å²) in [5.74, 6) is 0. The first-order chi connectivity index (χ1) is 4.20. The van der Waals surface area contributed by atoms with Gasteiger partial charge in [0.2, 0.25) is 0 Å². The van der Waals surface area contributed by atoms with E-state index in [4.69, 9.17) is 0 Å². The van der Waals surface area contributed by atoms with Gasteiger partial charge in [-0.2, -0.15) is 0 Å². The number of hydrogen-bond donors (Lipinski definition) is 0. The lowest BCUT2D eigenvalue weighted by Crippen LogP contribution is -1.93. The Morgan fingerprint density at radius 2 is 2.00 bits per heavy atom. The summed E-state index contributed by atoms with van der Waals surface area (Å²) in [6.07, 6.45) is 2.49. The molecule has 9 heavy (non-hydrogen) atoms. The van der Waals surface area contributed by atoms with Gasteiger partial charge < -0.3 is 0 Å². The second-order valence-corrected chi connectivity index (χ2v) is 1.99. The first kappa shape index (κ1) is 8.08. The van der Waals surface area contributed by atoms with Gasteiger partial charge in [-0.3, -0.25) is 9.79 Å². The van der Waals surface area contributed by atoms with Gasteiger partial charge in [-0.15, -0.1) is 0 Å². The summed E-state index contributed by atoms with van der Waals surface area (Å²) in [5, 5.41) is 0. The summed E-state index contributed by atoms with van der Waals surface area (Å²) in [7, 11) is 1.60. The van der Waals surface area contributed by atoms with Gasteiger partial charge in [-0.05, 0) is 19.9 Å². The number of allylic oxidation sites excluding steroid dienone is 2. The zero-order chi connectivity index (χ0) is 7.28. The van der Waals surface area contributed by atoms with Crippen molar-refractivity contribution in [3.8, 4) is 0 Å². The lowest BCUT2D eigenvalue weighted by molar-refractivity contribution is -0.102. The molecule has 0 saturated heterocycles. The van der Waals surface area contributed by atoms with Gasteiger partial charge >= 0.3 is 0 Å². The third-order valence-corrected chi connectivity index (χ3v) is 0.816. The maximum absolute atomic E-state index is 10.1. The number of aldehydes is 1. The highest BCUT2D eigenvalue weighted by Gasteiger charge is 1.86. The largest absolute Gasteiger partial charge is 0.296 e. The zero-order valence-electron chi connectivity index (χ0n) is 6.01. The van der Waals surface area contributed by atoms with Crippen LogP contribution in [-0.2, 0) is 4.79 Å². The van der Waals surface area contributed by atoms with Gasteiger partial charge in [-0.25, -0.2) is 0 Å². The Hall–Kier alpha value is -0.920. The second kappa shape index (κ2) is 4.01. The van der Waals surface area contributed by atoms with Crippen molar-refractivity contribution < 1.29 is 4.79 Å². The fourth-order valence-electron chi connectivity index (χ4n) is 0.447. The smallest absolute Gasteiger partial charge is 0.167 e. The molecule has 0 heterocycles. The van der Waals surface area contributed by atoms with Crippen LogP contribution in [0.2, 0.25) is 0 Å². The molecule has 0 aliphatic carbocycles. The highest BCUT2D eigenvalue weighted by atomic mass is 16.1. The van der Waals surface area contributed by atoms with Crippen molar-refractivity contribution in [2.45, 2.75) is 13.8 Å². The van der Waals surface area contributed by atoms with E-state index in [-0.39, 0.29) is 0 Å². The van der Waals surface area contributed by atoms with Crippen molar-refractivity contribution in [3.63, 3.8) is 0 Å². The van der Waals surface area contributed by atoms with Crippen LogP contribution in [0.1, 0.15) is 13.8 Å². The summed E-state index contributed by atoms with van der Waals surface area (Å²) >= 11 is 0. The van der Waals surface area contributed by atoms with Crippen LogP contribution in [-0.4, -0.2) is 19.0 Å². The highest BCUT2D eigenvalue weighted by Crippen LogP contribution is 1.88. The van der Waals surface area contributed by atoms with Crippen molar-refractivity contribution in [1.82, 2.24) is 0 Å². The zero-order valence-corrected chi connectivity index (χ0v) is 6.01. The fourth-order valence-corrected chi connectivity index (χ4v) is 0.447. The Kier molecular flexibility index (Phi) is 3.60. The quantitative estimate of drug-likeness (QED) is 0.403. The SMILES string of the molecule is CN=C(C=O)C=C(C)C. The summed E-state index contributed by atoms with van der Waals surface area (Å²) in [6, 6.07) is 0. The Labute approximate surface area is 55.3 Å². The molecule has 0 bridgehead atoms. The molecule has 0 aromatic heterocycles. The third kappa shape index (κ3) is 3.64. The van der Waals surface area contributed by atoms with Gasteiger partial charge in [0, 0.05) is 7.05 Å². The van der Waals surface area contributed by atoms with Gasteiger partial charge in [0.1, 0.15) is 0 Å². The molecule has 0 N–H and O–H groups in total. The van der Waals surface area contributed by atoms with Crippen molar-refractivity contribution in [2.75, 3.05) is 7.05 Å². The number of hydrogen-bond acceptors (Lipinski definition) is 2. The minimum absolute atomic E-state index is 0.495. The number of rotatable bonds is 2. The minimum atomic E-state index is 0.495. The standard InChI is InChI=1S/C7H11NO/c1-6(2)4-7(5-9)8-3/h4-5H,1-3H3. The molecule has 0 atom stereocenters. The lowest BCUT2D eigenvalue weighted by Gasteiger charge is -1.86. The Morgan fingerprint density at radius 3 is 2.11 bits per heavy atom. The van der Waals surface area contributed by atoms with Gasteiger partial charge in [0.25, 0.3) is 0 Å². The molecule has 0 rings (SSSR count). The van der Waals surface area contributed by atoms with Crippen molar-refractivity contribution in [3.05, 3.63) is 11.6 Å². The third-order valence-electron chi connectivity index (χ3n) is 0.816. The van der Waals surface area contributed by atoms with Crippen LogP contribution < -0.4 is 0 Å². The molecule has 2 nitrogen and oxygen atoms in total. The van der Waals surface area contributed by atoms with E-state index in [0.29, 0.717) is 5.71 Å². The maximum Gasteiger partial charge on any atom is 0.167 e. The van der Waals surface area contributed by atoms with Gasteiger partial charge in [0.15, 0.2) is 6.29 Å². The predicted octanol–water partition coefficient (Wildman–Crippen LogP) is 1.22. The second-order valence-electron chi connectivity index (χ2n) is 1.99. The molecule has 0 unspecified atom stereocenters. The van der Waals surface area contributed by atoms with Crippen molar-refractivity contribution in [1.29, 1.82) is 0 Å². The van der Waals surface area contributed by atoms with E-state index < -0.39 is 0 Å². The molecule has 0 aromatic carbocycles. The molecule has 0 spiro atoms. The molecule has 50 valence electrons. The van der Waals surface area contributed by atoms with E-state index in [9.17, 15) is 4.79 Å².